The maximum Gasteiger partial charge on any atom is 0.0943 e. The lowest BCUT2D eigenvalue weighted by atomic mass is 9.87. The van der Waals surface area contributed by atoms with E-state index in [1.54, 1.807) is 0 Å². The van der Waals surface area contributed by atoms with Gasteiger partial charge in [0, 0.05) is 5.75 Å². The van der Waals surface area contributed by atoms with Crippen molar-refractivity contribution in [3.63, 3.8) is 0 Å². The molecule has 0 unspecified atom stereocenters. The average Bonchev–Trinajstić information content (AvgIpc) is 2.45. The molecule has 86 valence electrons. The third kappa shape index (κ3) is 4.02. The van der Waals surface area contributed by atoms with Crippen molar-refractivity contribution in [1.82, 2.24) is 0 Å². The van der Waals surface area contributed by atoms with Crippen LogP contribution in [0.3, 0.4) is 0 Å². The zero-order valence-corrected chi connectivity index (χ0v) is 11.7. The largest absolute Gasteiger partial charge is 0.274 e. The lowest BCUT2D eigenvalue weighted by Gasteiger charge is -2.24. The highest BCUT2D eigenvalue weighted by Gasteiger charge is 2.25. The van der Waals surface area contributed by atoms with Gasteiger partial charge in [0.25, 0.3) is 0 Å². The third-order valence-electron chi connectivity index (χ3n) is 2.21. The molecule has 0 aromatic heterocycles. The molecule has 0 aromatic carbocycles. The molecule has 0 radical (unpaired) electrons. The van der Waals surface area contributed by atoms with Gasteiger partial charge in [0.05, 0.1) is 11.6 Å². The van der Waals surface area contributed by atoms with Crippen molar-refractivity contribution < 1.29 is 0 Å². The standard InChI is InChI=1S/C13H23NS/c1-12(2,3)9-15-11-10(7-8-14-11)13(4,5)6/h7H,8-9H2,1-6H3. The predicted octanol–water partition coefficient (Wildman–Crippen LogP) is 4.15. The highest BCUT2D eigenvalue weighted by Crippen LogP contribution is 2.34. The highest BCUT2D eigenvalue weighted by atomic mass is 32.2. The summed E-state index contributed by atoms with van der Waals surface area (Å²) in [6.07, 6.45) is 2.27. The van der Waals surface area contributed by atoms with Gasteiger partial charge in [-0.2, -0.15) is 0 Å². The summed E-state index contributed by atoms with van der Waals surface area (Å²) in [5, 5.41) is 1.26. The molecule has 0 atom stereocenters. The number of aliphatic imine (C=N–C) groups is 1. The number of nitrogens with zero attached hydrogens (tertiary/aromatic N) is 1. The molecule has 1 heterocycles. The monoisotopic (exact) mass is 225 g/mol. The summed E-state index contributed by atoms with van der Waals surface area (Å²) in [5.41, 5.74) is 2.04. The van der Waals surface area contributed by atoms with E-state index in [9.17, 15) is 0 Å². The first-order valence-corrected chi connectivity index (χ1v) is 6.57. The second-order valence-electron chi connectivity index (χ2n) is 6.36. The van der Waals surface area contributed by atoms with Crippen LogP contribution in [0.15, 0.2) is 16.6 Å². The minimum atomic E-state index is 0.236. The van der Waals surface area contributed by atoms with Gasteiger partial charge in [0.1, 0.15) is 0 Å². The molecule has 0 N–H and O–H groups in total. The zero-order chi connectivity index (χ0) is 11.7. The maximum atomic E-state index is 4.57. The van der Waals surface area contributed by atoms with Crippen molar-refractivity contribution in [2.45, 2.75) is 41.5 Å². The van der Waals surface area contributed by atoms with Crippen LogP contribution in [0.4, 0.5) is 0 Å². The van der Waals surface area contributed by atoms with Crippen LogP contribution >= 0.6 is 11.8 Å². The Morgan fingerprint density at radius 1 is 1.20 bits per heavy atom. The third-order valence-corrected chi connectivity index (χ3v) is 3.84. The molecular formula is C13H23NS. The summed E-state index contributed by atoms with van der Waals surface area (Å²) in [7, 11) is 0. The smallest absolute Gasteiger partial charge is 0.0943 e. The van der Waals surface area contributed by atoms with Crippen molar-refractivity contribution in [1.29, 1.82) is 0 Å². The molecule has 0 spiro atoms. The van der Waals surface area contributed by atoms with Crippen LogP contribution in [0.2, 0.25) is 0 Å². The van der Waals surface area contributed by atoms with Gasteiger partial charge < -0.3 is 0 Å². The minimum Gasteiger partial charge on any atom is -0.274 e. The van der Waals surface area contributed by atoms with Gasteiger partial charge in [-0.3, -0.25) is 4.99 Å². The lowest BCUT2D eigenvalue weighted by molar-refractivity contribution is 0.481. The number of thioether (sulfide) groups is 1. The molecule has 0 amide bonds. The summed E-state index contributed by atoms with van der Waals surface area (Å²) < 4.78 is 0. The van der Waals surface area contributed by atoms with E-state index in [4.69, 9.17) is 0 Å². The molecule has 0 aliphatic carbocycles. The lowest BCUT2D eigenvalue weighted by Crippen LogP contribution is -2.17. The fraction of sp³-hybridized carbons (Fsp3) is 0.769. The van der Waals surface area contributed by atoms with Crippen LogP contribution in [0, 0.1) is 10.8 Å². The van der Waals surface area contributed by atoms with Crippen molar-refractivity contribution in [2.24, 2.45) is 15.8 Å². The Hall–Kier alpha value is -0.240. The summed E-state index contributed by atoms with van der Waals surface area (Å²) in [6, 6.07) is 0. The predicted molar refractivity (Wildman–Crippen MR) is 71.8 cm³/mol. The molecule has 1 rings (SSSR count). The first-order valence-electron chi connectivity index (χ1n) is 5.58. The van der Waals surface area contributed by atoms with Gasteiger partial charge in [-0.15, -0.1) is 11.8 Å². The number of rotatable bonds is 1. The van der Waals surface area contributed by atoms with Crippen LogP contribution in [-0.4, -0.2) is 17.3 Å². The van der Waals surface area contributed by atoms with E-state index < -0.39 is 0 Å². The van der Waals surface area contributed by atoms with Gasteiger partial charge in [-0.1, -0.05) is 47.6 Å². The summed E-state index contributed by atoms with van der Waals surface area (Å²) in [5.74, 6) is 1.14. The molecule has 2 heteroatoms. The van der Waals surface area contributed by atoms with Gasteiger partial charge in [0.2, 0.25) is 0 Å². The van der Waals surface area contributed by atoms with Gasteiger partial charge in [0.15, 0.2) is 0 Å². The van der Waals surface area contributed by atoms with Gasteiger partial charge in [-0.05, 0) is 16.4 Å². The van der Waals surface area contributed by atoms with E-state index in [0.717, 1.165) is 12.3 Å². The number of hydrogen-bond acceptors (Lipinski definition) is 2. The Labute approximate surface area is 98.4 Å². The van der Waals surface area contributed by atoms with E-state index in [1.165, 1.54) is 10.6 Å². The summed E-state index contributed by atoms with van der Waals surface area (Å²) >= 11 is 1.91. The van der Waals surface area contributed by atoms with Gasteiger partial charge in [-0.25, -0.2) is 0 Å². The topological polar surface area (TPSA) is 12.4 Å². The summed E-state index contributed by atoms with van der Waals surface area (Å²) in [6.45, 7) is 14.5. The zero-order valence-electron chi connectivity index (χ0n) is 10.8. The maximum absolute atomic E-state index is 4.57. The molecule has 1 aliphatic heterocycles. The van der Waals surface area contributed by atoms with Crippen LogP contribution in [0.5, 0.6) is 0 Å². The molecule has 15 heavy (non-hydrogen) atoms. The normalized spacial score (nSPS) is 17.7. The average molecular weight is 225 g/mol. The van der Waals surface area contributed by atoms with Crippen LogP contribution in [-0.2, 0) is 0 Å². The first kappa shape index (κ1) is 12.8. The minimum absolute atomic E-state index is 0.236. The molecule has 1 nitrogen and oxygen atoms in total. The van der Waals surface area contributed by atoms with Crippen molar-refractivity contribution >= 4 is 16.8 Å². The quantitative estimate of drug-likeness (QED) is 0.653. The Kier molecular flexibility index (Phi) is 3.70. The van der Waals surface area contributed by atoms with Crippen molar-refractivity contribution in [2.75, 3.05) is 12.3 Å². The Balaban J connectivity index is 2.62. The fourth-order valence-corrected chi connectivity index (χ4v) is 2.71. The SMILES string of the molecule is CC(C)(C)CSC1=NCC=C1C(C)(C)C. The van der Waals surface area contributed by atoms with Crippen molar-refractivity contribution in [3.8, 4) is 0 Å². The molecule has 0 fully saturated rings. The van der Waals surface area contributed by atoms with Crippen LogP contribution in [0.25, 0.3) is 0 Å². The molecule has 0 saturated heterocycles. The van der Waals surface area contributed by atoms with Crippen LogP contribution in [0.1, 0.15) is 41.5 Å². The molecule has 0 saturated carbocycles. The second-order valence-corrected chi connectivity index (χ2v) is 7.33. The van der Waals surface area contributed by atoms with E-state index in [1.807, 2.05) is 11.8 Å². The van der Waals surface area contributed by atoms with E-state index >= 15 is 0 Å². The Morgan fingerprint density at radius 3 is 2.27 bits per heavy atom. The first-order chi connectivity index (χ1) is 6.70. The van der Waals surface area contributed by atoms with E-state index in [2.05, 4.69) is 52.6 Å². The fourth-order valence-electron chi connectivity index (χ4n) is 1.43. The number of hydrogen-bond donors (Lipinski definition) is 0. The Morgan fingerprint density at radius 2 is 1.80 bits per heavy atom. The van der Waals surface area contributed by atoms with Crippen LogP contribution < -0.4 is 0 Å². The van der Waals surface area contributed by atoms with E-state index in [0.29, 0.717) is 5.41 Å². The molecular weight excluding hydrogens is 202 g/mol. The highest BCUT2D eigenvalue weighted by molar-refractivity contribution is 8.14. The van der Waals surface area contributed by atoms with Crippen molar-refractivity contribution in [3.05, 3.63) is 11.6 Å². The Bertz CT molecular complexity index is 287. The molecule has 0 aromatic rings. The molecule has 0 bridgehead atoms. The summed E-state index contributed by atoms with van der Waals surface area (Å²) in [4.78, 5) is 4.57. The van der Waals surface area contributed by atoms with E-state index in [-0.39, 0.29) is 5.41 Å². The second kappa shape index (κ2) is 4.32. The van der Waals surface area contributed by atoms with Gasteiger partial charge >= 0.3 is 0 Å². The molecule has 1 aliphatic rings.